The van der Waals surface area contributed by atoms with Crippen molar-refractivity contribution < 1.29 is 9.59 Å². The van der Waals surface area contributed by atoms with Crippen LogP contribution in [0, 0.1) is 6.20 Å². The van der Waals surface area contributed by atoms with E-state index < -0.39 is 0 Å². The van der Waals surface area contributed by atoms with E-state index in [0.717, 1.165) is 11.1 Å². The lowest BCUT2D eigenvalue weighted by Gasteiger charge is -2.05. The molecule has 1 aromatic heterocycles. The number of aldehydes is 1. The average molecular weight is 256 g/mol. The second kappa shape index (κ2) is 5.95. The molecule has 97 valence electrons. The van der Waals surface area contributed by atoms with Gasteiger partial charge in [0.25, 0.3) is 0 Å². The molecule has 2 rings (SSSR count). The van der Waals surface area contributed by atoms with Gasteiger partial charge in [-0.3, -0.25) is 9.59 Å². The number of aryl methyl sites for hydroxylation is 1. The molecule has 0 atom stereocenters. The molecule has 5 heteroatoms. The Morgan fingerprint density at radius 1 is 1.32 bits per heavy atom. The second-order valence-corrected chi connectivity index (χ2v) is 4.23. The average Bonchev–Trinajstić information content (AvgIpc) is 2.85. The van der Waals surface area contributed by atoms with E-state index in [1.807, 2.05) is 24.3 Å². The Morgan fingerprint density at radius 3 is 2.63 bits per heavy atom. The zero-order chi connectivity index (χ0) is 13.7. The van der Waals surface area contributed by atoms with E-state index in [1.165, 1.54) is 6.20 Å². The standard InChI is InChI=1S/C14H14N3O2/c15-13(19)6-5-11-1-3-12(4-2-11)9-17-8-7-16-14(17)10-18/h1-4,7,10H,5-6,9H2,(H2,15,19). The first-order valence-corrected chi connectivity index (χ1v) is 5.93. The molecule has 1 aromatic carbocycles. The molecule has 0 aliphatic rings. The lowest BCUT2D eigenvalue weighted by molar-refractivity contribution is -0.117. The number of aromatic nitrogens is 2. The van der Waals surface area contributed by atoms with Crippen LogP contribution in [0.25, 0.3) is 0 Å². The number of imidazole rings is 1. The van der Waals surface area contributed by atoms with E-state index >= 15 is 0 Å². The summed E-state index contributed by atoms with van der Waals surface area (Å²) in [6.45, 7) is 0.546. The Labute approximate surface area is 111 Å². The molecule has 1 amide bonds. The molecule has 0 spiro atoms. The van der Waals surface area contributed by atoms with Gasteiger partial charge in [0.1, 0.15) is 0 Å². The fourth-order valence-corrected chi connectivity index (χ4v) is 1.78. The molecule has 0 unspecified atom stereocenters. The molecule has 0 aliphatic carbocycles. The maximum absolute atomic E-state index is 10.7. The van der Waals surface area contributed by atoms with Crippen molar-refractivity contribution in [3.8, 4) is 0 Å². The summed E-state index contributed by atoms with van der Waals surface area (Å²) in [5, 5.41) is 0. The number of hydrogen-bond donors (Lipinski definition) is 1. The highest BCUT2D eigenvalue weighted by Gasteiger charge is 2.03. The molecule has 0 fully saturated rings. The fourth-order valence-electron chi connectivity index (χ4n) is 1.78. The Hall–Kier alpha value is -2.43. The van der Waals surface area contributed by atoms with E-state index in [2.05, 4.69) is 11.2 Å². The number of benzene rings is 1. The number of carbonyl (C=O) groups excluding carboxylic acids is 2. The van der Waals surface area contributed by atoms with Gasteiger partial charge in [0.15, 0.2) is 12.1 Å². The van der Waals surface area contributed by atoms with Crippen LogP contribution in [-0.2, 0) is 17.8 Å². The van der Waals surface area contributed by atoms with Crippen molar-refractivity contribution in [3.63, 3.8) is 0 Å². The van der Waals surface area contributed by atoms with Gasteiger partial charge in [-0.2, -0.15) is 0 Å². The lowest BCUT2D eigenvalue weighted by atomic mass is 10.1. The molecule has 0 bridgehead atoms. The quantitative estimate of drug-likeness (QED) is 0.782. The molecule has 0 saturated carbocycles. The molecule has 2 N–H and O–H groups in total. The van der Waals surface area contributed by atoms with Crippen LogP contribution in [0.4, 0.5) is 0 Å². The van der Waals surface area contributed by atoms with Gasteiger partial charge in [-0.25, -0.2) is 4.98 Å². The third-order valence-corrected chi connectivity index (χ3v) is 2.82. The number of carbonyl (C=O) groups is 2. The zero-order valence-corrected chi connectivity index (χ0v) is 10.4. The largest absolute Gasteiger partial charge is 0.370 e. The van der Waals surface area contributed by atoms with E-state index in [-0.39, 0.29) is 5.91 Å². The molecule has 5 nitrogen and oxygen atoms in total. The van der Waals surface area contributed by atoms with Crippen LogP contribution < -0.4 is 5.73 Å². The van der Waals surface area contributed by atoms with Gasteiger partial charge in [-0.1, -0.05) is 24.3 Å². The van der Waals surface area contributed by atoms with Gasteiger partial charge in [0, 0.05) is 13.0 Å². The SMILES string of the molecule is NC(=O)CCc1ccc(Cn2[c]cnc2C=O)cc1. The summed E-state index contributed by atoms with van der Waals surface area (Å²) in [5.41, 5.74) is 7.21. The van der Waals surface area contributed by atoms with Crippen LogP contribution in [0.3, 0.4) is 0 Å². The van der Waals surface area contributed by atoms with Crippen molar-refractivity contribution in [1.29, 1.82) is 0 Å². The van der Waals surface area contributed by atoms with Crippen LogP contribution in [0.1, 0.15) is 28.2 Å². The Bertz CT molecular complexity index is 573. The first kappa shape index (κ1) is 13.0. The van der Waals surface area contributed by atoms with E-state index in [4.69, 9.17) is 5.73 Å². The Morgan fingerprint density at radius 2 is 2.00 bits per heavy atom. The van der Waals surface area contributed by atoms with Gasteiger partial charge < -0.3 is 10.3 Å². The topological polar surface area (TPSA) is 78.0 Å². The Balaban J connectivity index is 2.02. The van der Waals surface area contributed by atoms with Crippen molar-refractivity contribution in [1.82, 2.24) is 9.55 Å². The first-order chi connectivity index (χ1) is 9.19. The van der Waals surface area contributed by atoms with Crippen molar-refractivity contribution in [2.45, 2.75) is 19.4 Å². The highest BCUT2D eigenvalue weighted by Crippen LogP contribution is 2.09. The summed E-state index contributed by atoms with van der Waals surface area (Å²) < 4.78 is 1.66. The smallest absolute Gasteiger partial charge is 0.217 e. The number of rotatable bonds is 6. The van der Waals surface area contributed by atoms with E-state index in [1.54, 1.807) is 4.57 Å². The zero-order valence-electron chi connectivity index (χ0n) is 10.4. The monoisotopic (exact) mass is 256 g/mol. The van der Waals surface area contributed by atoms with Crippen LogP contribution in [-0.4, -0.2) is 21.7 Å². The maximum atomic E-state index is 10.7. The first-order valence-electron chi connectivity index (χ1n) is 5.93. The molecule has 2 aromatic rings. The van der Waals surface area contributed by atoms with E-state index in [9.17, 15) is 9.59 Å². The minimum Gasteiger partial charge on any atom is -0.370 e. The minimum absolute atomic E-state index is 0.298. The van der Waals surface area contributed by atoms with Gasteiger partial charge in [-0.15, -0.1) is 0 Å². The van der Waals surface area contributed by atoms with Crippen molar-refractivity contribution in [2.75, 3.05) is 0 Å². The van der Waals surface area contributed by atoms with Crippen molar-refractivity contribution in [3.05, 3.63) is 53.6 Å². The van der Waals surface area contributed by atoms with Crippen LogP contribution in [0.5, 0.6) is 0 Å². The third kappa shape index (κ3) is 3.51. The third-order valence-electron chi connectivity index (χ3n) is 2.82. The van der Waals surface area contributed by atoms with Gasteiger partial charge in [-0.05, 0) is 17.5 Å². The summed E-state index contributed by atoms with van der Waals surface area (Å²) in [7, 11) is 0. The molecular formula is C14H14N3O2. The summed E-state index contributed by atoms with van der Waals surface area (Å²) in [5.74, 6) is 0.0607. The number of hydrogen-bond acceptors (Lipinski definition) is 3. The predicted molar refractivity (Wildman–Crippen MR) is 69.5 cm³/mol. The Kier molecular flexibility index (Phi) is 4.07. The summed E-state index contributed by atoms with van der Waals surface area (Å²) in [4.78, 5) is 25.3. The summed E-state index contributed by atoms with van der Waals surface area (Å²) in [6, 6.07) is 7.82. The highest BCUT2D eigenvalue weighted by atomic mass is 16.1. The normalized spacial score (nSPS) is 10.3. The molecular weight excluding hydrogens is 242 g/mol. The van der Waals surface area contributed by atoms with Crippen LogP contribution in [0.15, 0.2) is 30.5 Å². The van der Waals surface area contributed by atoms with Crippen LogP contribution >= 0.6 is 0 Å². The summed E-state index contributed by atoms with van der Waals surface area (Å²) >= 11 is 0. The molecule has 1 heterocycles. The van der Waals surface area contributed by atoms with Gasteiger partial charge in [0.05, 0.1) is 12.4 Å². The second-order valence-electron chi connectivity index (χ2n) is 4.23. The van der Waals surface area contributed by atoms with E-state index in [0.29, 0.717) is 31.5 Å². The predicted octanol–water partition coefficient (Wildman–Crippen LogP) is 0.962. The van der Waals surface area contributed by atoms with Gasteiger partial charge in [0.2, 0.25) is 5.91 Å². The van der Waals surface area contributed by atoms with Crippen molar-refractivity contribution in [2.24, 2.45) is 5.73 Å². The van der Waals surface area contributed by atoms with Gasteiger partial charge >= 0.3 is 0 Å². The van der Waals surface area contributed by atoms with Crippen LogP contribution in [0.2, 0.25) is 0 Å². The minimum atomic E-state index is -0.298. The fraction of sp³-hybridized carbons (Fsp3) is 0.214. The maximum Gasteiger partial charge on any atom is 0.217 e. The highest BCUT2D eigenvalue weighted by molar-refractivity contribution is 5.74. The number of primary amides is 1. The molecule has 0 aliphatic heterocycles. The number of amides is 1. The lowest BCUT2D eigenvalue weighted by Crippen LogP contribution is -2.11. The van der Waals surface area contributed by atoms with Crippen molar-refractivity contribution >= 4 is 12.2 Å². The number of nitrogens with zero attached hydrogens (tertiary/aromatic N) is 2. The molecule has 1 radical (unpaired) electrons. The molecule has 19 heavy (non-hydrogen) atoms. The molecule has 0 saturated heterocycles. The summed E-state index contributed by atoms with van der Waals surface area (Å²) in [6.07, 6.45) is 6.05. The number of nitrogens with two attached hydrogens (primary N) is 1.